The molecule has 0 saturated heterocycles. The van der Waals surface area contributed by atoms with Gasteiger partial charge in [-0.3, -0.25) is 0 Å². The Morgan fingerprint density at radius 3 is 2.33 bits per heavy atom. The zero-order valence-corrected chi connectivity index (χ0v) is 15.7. The SMILES string of the molecule is Cc1nc(CNc2ccc(S(=O)(=O)C(F)F)cc2)oc1-c1ccc(Cl)cc1. The third-order valence-electron chi connectivity index (χ3n) is 3.81. The van der Waals surface area contributed by atoms with Crippen molar-refractivity contribution in [3.8, 4) is 11.3 Å². The molecule has 3 aromatic rings. The van der Waals surface area contributed by atoms with Gasteiger partial charge in [0.2, 0.25) is 15.7 Å². The van der Waals surface area contributed by atoms with Crippen molar-refractivity contribution < 1.29 is 21.6 Å². The van der Waals surface area contributed by atoms with E-state index in [1.807, 2.05) is 19.1 Å². The minimum Gasteiger partial charge on any atom is -0.438 e. The number of aromatic nitrogens is 1. The molecule has 0 bridgehead atoms. The molecule has 0 amide bonds. The molecular weight excluding hydrogens is 398 g/mol. The van der Waals surface area contributed by atoms with Crippen molar-refractivity contribution in [2.45, 2.75) is 24.1 Å². The molecular formula is C18H15ClF2N2O3S. The highest BCUT2D eigenvalue weighted by Gasteiger charge is 2.26. The number of oxazole rings is 1. The maximum atomic E-state index is 12.5. The molecule has 9 heteroatoms. The average molecular weight is 413 g/mol. The summed E-state index contributed by atoms with van der Waals surface area (Å²) in [5.41, 5.74) is 2.11. The van der Waals surface area contributed by atoms with Gasteiger partial charge in [0.05, 0.1) is 17.1 Å². The number of benzene rings is 2. The monoisotopic (exact) mass is 412 g/mol. The molecule has 2 aromatic carbocycles. The van der Waals surface area contributed by atoms with Crippen LogP contribution in [-0.2, 0) is 16.4 Å². The number of nitrogens with one attached hydrogen (secondary N) is 1. The van der Waals surface area contributed by atoms with Crippen LogP contribution in [0.2, 0.25) is 5.02 Å². The van der Waals surface area contributed by atoms with Crippen LogP contribution < -0.4 is 5.32 Å². The minimum atomic E-state index is -4.60. The van der Waals surface area contributed by atoms with Gasteiger partial charge in [-0.05, 0) is 55.5 Å². The zero-order chi connectivity index (χ0) is 19.6. The van der Waals surface area contributed by atoms with Gasteiger partial charge in [-0.25, -0.2) is 13.4 Å². The highest BCUT2D eigenvalue weighted by atomic mass is 35.5. The second-order valence-electron chi connectivity index (χ2n) is 5.71. The lowest BCUT2D eigenvalue weighted by atomic mass is 10.1. The average Bonchev–Trinajstić information content (AvgIpc) is 3.01. The predicted molar refractivity (Wildman–Crippen MR) is 98.6 cm³/mol. The van der Waals surface area contributed by atoms with Gasteiger partial charge in [-0.2, -0.15) is 8.78 Å². The molecule has 0 spiro atoms. The number of halogens is 3. The second kappa shape index (κ2) is 7.66. The quantitative estimate of drug-likeness (QED) is 0.622. The normalized spacial score (nSPS) is 11.7. The standard InChI is InChI=1S/C18H15ClF2N2O3S/c1-11-17(12-2-4-13(19)5-3-12)26-16(23-11)10-22-14-6-8-15(9-7-14)27(24,25)18(20)21/h2-9,18,22H,10H2,1H3. The number of sulfone groups is 1. The Labute approximate surface area is 159 Å². The van der Waals surface area contributed by atoms with Crippen LogP contribution in [0, 0.1) is 6.92 Å². The topological polar surface area (TPSA) is 72.2 Å². The van der Waals surface area contributed by atoms with Crippen LogP contribution in [0.25, 0.3) is 11.3 Å². The molecule has 27 heavy (non-hydrogen) atoms. The van der Waals surface area contributed by atoms with Crippen LogP contribution >= 0.6 is 11.6 Å². The lowest BCUT2D eigenvalue weighted by molar-refractivity contribution is 0.234. The summed E-state index contributed by atoms with van der Waals surface area (Å²) >= 11 is 5.88. The molecule has 0 radical (unpaired) electrons. The summed E-state index contributed by atoms with van der Waals surface area (Å²) in [6.45, 7) is 2.07. The fourth-order valence-corrected chi connectivity index (χ4v) is 3.29. The van der Waals surface area contributed by atoms with Crippen molar-refractivity contribution >= 4 is 27.1 Å². The molecule has 1 aromatic heterocycles. The van der Waals surface area contributed by atoms with Gasteiger partial charge in [0.1, 0.15) is 0 Å². The van der Waals surface area contributed by atoms with Gasteiger partial charge < -0.3 is 9.73 Å². The van der Waals surface area contributed by atoms with E-state index < -0.39 is 20.5 Å². The molecule has 0 unspecified atom stereocenters. The van der Waals surface area contributed by atoms with E-state index in [1.165, 1.54) is 12.1 Å². The lowest BCUT2D eigenvalue weighted by Crippen LogP contribution is -2.11. The molecule has 1 heterocycles. The van der Waals surface area contributed by atoms with Crippen molar-refractivity contribution in [1.82, 2.24) is 4.98 Å². The first-order chi connectivity index (χ1) is 12.8. The molecule has 0 saturated carbocycles. The number of rotatable bonds is 6. The number of alkyl halides is 2. The minimum absolute atomic E-state index is 0.245. The van der Waals surface area contributed by atoms with E-state index in [2.05, 4.69) is 10.3 Å². The largest absolute Gasteiger partial charge is 0.438 e. The van der Waals surface area contributed by atoms with Crippen LogP contribution in [0.5, 0.6) is 0 Å². The van der Waals surface area contributed by atoms with Gasteiger partial charge >= 0.3 is 5.76 Å². The highest BCUT2D eigenvalue weighted by molar-refractivity contribution is 7.91. The summed E-state index contributed by atoms with van der Waals surface area (Å²) < 4.78 is 53.7. The summed E-state index contributed by atoms with van der Waals surface area (Å²) in [4.78, 5) is 3.92. The summed E-state index contributed by atoms with van der Waals surface area (Å²) in [5, 5.41) is 3.63. The summed E-state index contributed by atoms with van der Waals surface area (Å²) in [5.74, 6) is -2.39. The molecule has 0 aliphatic carbocycles. The van der Waals surface area contributed by atoms with E-state index in [9.17, 15) is 17.2 Å². The first-order valence-corrected chi connectivity index (χ1v) is 9.78. The summed E-state index contributed by atoms with van der Waals surface area (Å²) in [7, 11) is -4.60. The van der Waals surface area contributed by atoms with Crippen LogP contribution in [0.1, 0.15) is 11.6 Å². The van der Waals surface area contributed by atoms with E-state index >= 15 is 0 Å². The third-order valence-corrected chi connectivity index (χ3v) is 5.46. The Balaban J connectivity index is 1.71. The molecule has 0 aliphatic heterocycles. The van der Waals surface area contributed by atoms with Gasteiger partial charge in [0, 0.05) is 16.3 Å². The number of hydrogen-bond donors (Lipinski definition) is 1. The zero-order valence-electron chi connectivity index (χ0n) is 14.1. The summed E-state index contributed by atoms with van der Waals surface area (Å²) in [6.07, 6.45) is 0. The first kappa shape index (κ1) is 19.3. The third kappa shape index (κ3) is 4.28. The van der Waals surface area contributed by atoms with Crippen LogP contribution in [0.4, 0.5) is 14.5 Å². The van der Waals surface area contributed by atoms with Crippen molar-refractivity contribution in [3.05, 3.63) is 65.1 Å². The molecule has 1 N–H and O–H groups in total. The Morgan fingerprint density at radius 2 is 1.74 bits per heavy atom. The number of hydrogen-bond acceptors (Lipinski definition) is 5. The van der Waals surface area contributed by atoms with E-state index in [0.717, 1.165) is 17.7 Å². The van der Waals surface area contributed by atoms with Gasteiger partial charge in [-0.1, -0.05) is 11.6 Å². The van der Waals surface area contributed by atoms with Crippen molar-refractivity contribution in [2.24, 2.45) is 0 Å². The maximum Gasteiger partial charge on any atom is 0.341 e. The van der Waals surface area contributed by atoms with Gasteiger partial charge in [-0.15, -0.1) is 0 Å². The molecule has 0 atom stereocenters. The van der Waals surface area contributed by atoms with E-state index in [1.54, 1.807) is 12.1 Å². The van der Waals surface area contributed by atoms with E-state index in [-0.39, 0.29) is 6.54 Å². The Kier molecular flexibility index (Phi) is 5.48. The van der Waals surface area contributed by atoms with E-state index in [0.29, 0.717) is 28.1 Å². The molecule has 142 valence electrons. The Morgan fingerprint density at radius 1 is 1.11 bits per heavy atom. The molecule has 0 fully saturated rings. The number of anilines is 1. The lowest BCUT2D eigenvalue weighted by Gasteiger charge is -2.06. The number of nitrogens with zero attached hydrogens (tertiary/aromatic N) is 1. The van der Waals surface area contributed by atoms with E-state index in [4.69, 9.17) is 16.0 Å². The second-order valence-corrected chi connectivity index (χ2v) is 8.07. The predicted octanol–water partition coefficient (Wildman–Crippen LogP) is 4.91. The highest BCUT2D eigenvalue weighted by Crippen LogP contribution is 2.26. The smallest absolute Gasteiger partial charge is 0.341 e. The fraction of sp³-hybridized carbons (Fsp3) is 0.167. The molecule has 3 rings (SSSR count). The van der Waals surface area contributed by atoms with Crippen LogP contribution in [0.15, 0.2) is 57.8 Å². The summed E-state index contributed by atoms with van der Waals surface area (Å²) in [6, 6.07) is 12.2. The van der Waals surface area contributed by atoms with Crippen LogP contribution in [-0.4, -0.2) is 19.2 Å². The van der Waals surface area contributed by atoms with Gasteiger partial charge in [0.25, 0.3) is 0 Å². The Hall–Kier alpha value is -2.45. The van der Waals surface area contributed by atoms with Crippen molar-refractivity contribution in [2.75, 3.05) is 5.32 Å². The van der Waals surface area contributed by atoms with Crippen LogP contribution in [0.3, 0.4) is 0 Å². The molecule has 0 aliphatic rings. The maximum absolute atomic E-state index is 12.5. The Bertz CT molecular complexity index is 1030. The first-order valence-electron chi connectivity index (χ1n) is 7.85. The van der Waals surface area contributed by atoms with Crippen molar-refractivity contribution in [1.29, 1.82) is 0 Å². The number of aryl methyl sites for hydroxylation is 1. The van der Waals surface area contributed by atoms with Crippen molar-refractivity contribution in [3.63, 3.8) is 0 Å². The van der Waals surface area contributed by atoms with Gasteiger partial charge in [0.15, 0.2) is 5.76 Å². The molecule has 5 nitrogen and oxygen atoms in total. The fourth-order valence-electron chi connectivity index (χ4n) is 2.44.